The van der Waals surface area contributed by atoms with E-state index in [0.29, 0.717) is 12.8 Å². The predicted molar refractivity (Wildman–Crippen MR) is 398 cm³/mol. The Balaban J connectivity index is 1.49. The molecule has 3 fully saturated rings. The van der Waals surface area contributed by atoms with Gasteiger partial charge in [0.15, 0.2) is 12.6 Å². The third-order valence-corrected chi connectivity index (χ3v) is 20.6. The summed E-state index contributed by atoms with van der Waals surface area (Å²) in [5, 5.41) is 136. The van der Waals surface area contributed by atoms with Crippen LogP contribution < -0.4 is 10.6 Å². The van der Waals surface area contributed by atoms with E-state index in [-0.39, 0.29) is 12.3 Å². The summed E-state index contributed by atoms with van der Waals surface area (Å²) in [7, 11) is 0. The lowest BCUT2D eigenvalue weighted by molar-refractivity contribution is -0.386. The van der Waals surface area contributed by atoms with Gasteiger partial charge in [-0.3, -0.25) is 9.59 Å². The van der Waals surface area contributed by atoms with Gasteiger partial charge in [0.05, 0.1) is 50.7 Å². The molecule has 14 N–H and O–H groups in total. The van der Waals surface area contributed by atoms with Gasteiger partial charge in [-0.2, -0.15) is 0 Å². The van der Waals surface area contributed by atoms with Crippen molar-refractivity contribution in [3.05, 3.63) is 36.5 Å². The lowest BCUT2D eigenvalue weighted by Crippen LogP contribution is -2.70. The fourth-order valence-electron chi connectivity index (χ4n) is 14.1. The van der Waals surface area contributed by atoms with Crippen molar-refractivity contribution < 1.29 is 104 Å². The highest BCUT2D eigenvalue weighted by Gasteiger charge is 2.60. The molecule has 0 aliphatic carbocycles. The minimum absolute atomic E-state index is 0.201. The van der Waals surface area contributed by atoms with Crippen LogP contribution in [0.25, 0.3) is 0 Å². The molecule has 3 heterocycles. The van der Waals surface area contributed by atoms with Gasteiger partial charge in [0.2, 0.25) is 11.8 Å². The molecule has 0 bridgehead atoms. The summed E-state index contributed by atoms with van der Waals surface area (Å²) >= 11 is 0. The fraction of sp³-hybridized carbons (Fsp3) is 0.887. The van der Waals surface area contributed by atoms with E-state index in [0.717, 1.165) is 58.3 Å². The number of allylic oxidation sites excluding steroid dienone is 5. The van der Waals surface area contributed by atoms with Gasteiger partial charge in [0.25, 0.3) is 5.79 Å². The Bertz CT molecular complexity index is 2200. The van der Waals surface area contributed by atoms with Crippen molar-refractivity contribution in [2.45, 2.75) is 426 Å². The monoisotopic (exact) mass is 1470 g/mol. The maximum Gasteiger partial charge on any atom is 0.364 e. The molecule has 3 rings (SSSR count). The molecule has 2 amide bonds. The number of ether oxygens (including phenoxy) is 6. The van der Waals surface area contributed by atoms with Crippen molar-refractivity contribution in [2.75, 3.05) is 26.4 Å². The summed E-state index contributed by atoms with van der Waals surface area (Å²) in [5.41, 5.74) is 0. The number of aliphatic carboxylic acids is 1. The highest BCUT2D eigenvalue weighted by molar-refractivity contribution is 5.77. The molecule has 3 aliphatic rings. The number of hydrogen-bond acceptors (Lipinski definition) is 20. The van der Waals surface area contributed by atoms with Crippen LogP contribution in [-0.4, -0.2) is 215 Å². The molecule has 3 aliphatic heterocycles. The second-order valence-corrected chi connectivity index (χ2v) is 29.6. The topological polar surface area (TPSA) is 373 Å². The van der Waals surface area contributed by atoms with Crippen molar-refractivity contribution >= 4 is 17.8 Å². The zero-order chi connectivity index (χ0) is 75.3. The number of carboxylic acid groups (broad SMARTS) is 1. The molecule has 0 aromatic carbocycles. The summed E-state index contributed by atoms with van der Waals surface area (Å²) < 4.78 is 34.9. The quantitative estimate of drug-likeness (QED) is 0.0199. The standard InChI is InChI=1S/C80H146N2O21/c1-4-6-8-10-12-14-16-18-20-22-24-25-26-27-28-29-30-31-32-33-34-35-36-38-40-42-44-46-48-50-52-54-67(90)82-61(62(87)53-51-49-47-45-43-41-39-37-23-21-19-17-15-13-11-9-7-5-2)59-98-77-72(94)71(93)74(66(58-85)100-77)101-78-73(95)76(70(92)65(57-84)99-78)103-80(79(96)97)55-63(88)68(81-60(3)86)75(102-80)69(91)64(89)56-83/h24-25,27-28,51,53,61-66,68-78,83-85,87-89,91-95H,4-23,26,29-50,52,54-59H2,1-3H3,(H,81,86)(H,82,90)(H,96,97)/b25-24-,28-27-,53-51+. The molecule has 0 aromatic heterocycles. The molecule has 23 heteroatoms. The van der Waals surface area contributed by atoms with Gasteiger partial charge in [-0.05, 0) is 51.4 Å². The van der Waals surface area contributed by atoms with E-state index in [1.807, 2.05) is 6.08 Å². The van der Waals surface area contributed by atoms with Gasteiger partial charge in [-0.15, -0.1) is 0 Å². The summed E-state index contributed by atoms with van der Waals surface area (Å²) in [6, 6.07) is -2.62. The lowest BCUT2D eigenvalue weighted by Gasteiger charge is -2.50. The van der Waals surface area contributed by atoms with Crippen molar-refractivity contribution in [2.24, 2.45) is 0 Å². The first kappa shape index (κ1) is 94.2. The third kappa shape index (κ3) is 39.2. The maximum atomic E-state index is 13.5. The van der Waals surface area contributed by atoms with E-state index in [4.69, 9.17) is 28.4 Å². The minimum atomic E-state index is -3.08. The third-order valence-electron chi connectivity index (χ3n) is 20.6. The lowest BCUT2D eigenvalue weighted by atomic mass is 9.88. The normalized spacial score (nSPS) is 26.7. The Kier molecular flexibility index (Phi) is 53.8. The molecule has 103 heavy (non-hydrogen) atoms. The Morgan fingerprint density at radius 1 is 0.515 bits per heavy atom. The molecule has 3 saturated heterocycles. The van der Waals surface area contributed by atoms with E-state index in [2.05, 4.69) is 48.8 Å². The van der Waals surface area contributed by atoms with Gasteiger partial charge in [0, 0.05) is 19.8 Å². The van der Waals surface area contributed by atoms with Crippen molar-refractivity contribution in [3.8, 4) is 0 Å². The number of aliphatic hydroxyl groups excluding tert-OH is 11. The van der Waals surface area contributed by atoms with Crippen LogP contribution in [0.15, 0.2) is 36.5 Å². The molecular weight excluding hydrogens is 1320 g/mol. The zero-order valence-corrected chi connectivity index (χ0v) is 63.7. The van der Waals surface area contributed by atoms with Gasteiger partial charge in [0.1, 0.15) is 67.1 Å². The number of carboxylic acids is 1. The second-order valence-electron chi connectivity index (χ2n) is 29.6. The van der Waals surface area contributed by atoms with Crippen LogP contribution in [-0.2, 0) is 42.8 Å². The molecule has 0 aromatic rings. The predicted octanol–water partition coefficient (Wildman–Crippen LogP) is 10.9. The first-order chi connectivity index (χ1) is 49.9. The highest BCUT2D eigenvalue weighted by atomic mass is 16.8. The van der Waals surface area contributed by atoms with E-state index < -0.39 is 155 Å². The highest BCUT2D eigenvalue weighted by Crippen LogP contribution is 2.39. The van der Waals surface area contributed by atoms with Crippen molar-refractivity contribution in [1.29, 1.82) is 0 Å². The minimum Gasteiger partial charge on any atom is -0.477 e. The van der Waals surface area contributed by atoms with Crippen LogP contribution in [0.5, 0.6) is 0 Å². The van der Waals surface area contributed by atoms with Gasteiger partial charge in [-0.1, -0.05) is 281 Å². The van der Waals surface area contributed by atoms with Gasteiger partial charge >= 0.3 is 5.97 Å². The van der Waals surface area contributed by atoms with Crippen LogP contribution in [0.1, 0.15) is 316 Å². The maximum absolute atomic E-state index is 13.5. The van der Waals surface area contributed by atoms with Gasteiger partial charge < -0.3 is 100 Å². The smallest absolute Gasteiger partial charge is 0.364 e. The largest absolute Gasteiger partial charge is 0.477 e. The SMILES string of the molecule is CCCCCCCCCCC/C=C\C/C=C\CCCCCCCCCCCCCCCCCC(=O)NC(COC1OC(CO)C(OC2OC(CO)C(O)C(OC3(C(=O)O)CC(O)C(NC(C)=O)C(C(O)C(O)CO)O3)C2O)C(O)C1O)C(O)/C=C/CCCCCCCCCCCCCCCCCC. The second kappa shape index (κ2) is 58.9. The Hall–Kier alpha value is -3.05. The Morgan fingerprint density at radius 3 is 1.37 bits per heavy atom. The van der Waals surface area contributed by atoms with Crippen molar-refractivity contribution in [3.63, 3.8) is 0 Å². The Morgan fingerprint density at radius 2 is 0.942 bits per heavy atom. The molecule has 0 spiro atoms. The molecule has 18 atom stereocenters. The van der Waals surface area contributed by atoms with E-state index in [9.17, 15) is 75.7 Å². The summed E-state index contributed by atoms with van der Waals surface area (Å²) in [4.78, 5) is 38.7. The first-order valence-corrected chi connectivity index (χ1v) is 40.9. The van der Waals surface area contributed by atoms with Crippen LogP contribution >= 0.6 is 0 Å². The van der Waals surface area contributed by atoms with E-state index in [1.54, 1.807) is 6.08 Å². The van der Waals surface area contributed by atoms with Crippen LogP contribution in [0, 0.1) is 0 Å². The van der Waals surface area contributed by atoms with Crippen molar-refractivity contribution in [1.82, 2.24) is 10.6 Å². The number of rotatable bonds is 64. The average Bonchev–Trinajstić information content (AvgIpc) is 0.755. The molecule has 0 saturated carbocycles. The number of amides is 2. The number of carbonyl (C=O) groups excluding carboxylic acids is 2. The number of aliphatic hydroxyl groups is 11. The summed E-state index contributed by atoms with van der Waals surface area (Å²) in [6.07, 6.45) is 37.5. The molecule has 602 valence electrons. The summed E-state index contributed by atoms with van der Waals surface area (Å²) in [6.45, 7) is 2.17. The number of unbranched alkanes of at least 4 members (excludes halogenated alkanes) is 40. The van der Waals surface area contributed by atoms with Gasteiger partial charge in [-0.25, -0.2) is 4.79 Å². The molecule has 0 radical (unpaired) electrons. The zero-order valence-electron chi connectivity index (χ0n) is 63.7. The molecule has 18 unspecified atom stereocenters. The fourth-order valence-corrected chi connectivity index (χ4v) is 14.1. The first-order valence-electron chi connectivity index (χ1n) is 40.9. The average molecular weight is 1470 g/mol. The number of carbonyl (C=O) groups is 3. The van der Waals surface area contributed by atoms with E-state index >= 15 is 0 Å². The van der Waals surface area contributed by atoms with E-state index in [1.165, 1.54) is 218 Å². The summed E-state index contributed by atoms with van der Waals surface area (Å²) in [5.74, 6) is -6.14. The van der Waals surface area contributed by atoms with Crippen LogP contribution in [0.2, 0.25) is 0 Å². The Labute approximate surface area is 618 Å². The number of nitrogens with one attached hydrogen (secondary N) is 2. The number of hydrogen-bond donors (Lipinski definition) is 14. The van der Waals surface area contributed by atoms with Crippen LogP contribution in [0.3, 0.4) is 0 Å². The molecule has 23 nitrogen and oxygen atoms in total. The molecular formula is C80H146N2O21. The van der Waals surface area contributed by atoms with Crippen LogP contribution in [0.4, 0.5) is 0 Å².